The molecule has 0 aliphatic carbocycles. The predicted molar refractivity (Wildman–Crippen MR) is 75.8 cm³/mol. The minimum Gasteiger partial charge on any atom is -0.478 e. The van der Waals surface area contributed by atoms with Crippen molar-refractivity contribution in [3.05, 3.63) is 58.0 Å². The second kappa shape index (κ2) is 6.38. The lowest BCUT2D eigenvalue weighted by Gasteiger charge is -2.04. The highest BCUT2D eigenvalue weighted by Gasteiger charge is 2.08. The average Bonchev–Trinajstić information content (AvgIpc) is 2.86. The Balaban J connectivity index is 1.88. The molecule has 2 aromatic rings. The summed E-state index contributed by atoms with van der Waals surface area (Å²) in [5.41, 5.74) is 1.54. The number of aromatic carboxylic acids is 1. The van der Waals surface area contributed by atoms with Gasteiger partial charge in [-0.2, -0.15) is 0 Å². The number of furan rings is 1. The van der Waals surface area contributed by atoms with Gasteiger partial charge in [0.05, 0.1) is 11.1 Å². The van der Waals surface area contributed by atoms with Crippen LogP contribution in [0.1, 0.15) is 26.3 Å². The normalized spacial score (nSPS) is 10.2. The number of hydrogen-bond donors (Lipinski definition) is 2. The van der Waals surface area contributed by atoms with Crippen LogP contribution in [0.5, 0.6) is 0 Å². The minimum absolute atomic E-state index is 0.228. The summed E-state index contributed by atoms with van der Waals surface area (Å²) in [5.74, 6) is -1.19. The molecule has 6 heteroatoms. The molecule has 0 spiro atoms. The van der Waals surface area contributed by atoms with Crippen LogP contribution in [-0.2, 0) is 6.42 Å². The van der Waals surface area contributed by atoms with Gasteiger partial charge in [0, 0.05) is 12.6 Å². The second-order valence-corrected chi connectivity index (χ2v) is 4.93. The zero-order valence-electron chi connectivity index (χ0n) is 10.4. The molecule has 1 amide bonds. The van der Waals surface area contributed by atoms with E-state index in [2.05, 4.69) is 21.2 Å². The summed E-state index contributed by atoms with van der Waals surface area (Å²) in [6, 6.07) is 8.23. The van der Waals surface area contributed by atoms with Gasteiger partial charge in [0.15, 0.2) is 4.67 Å². The van der Waals surface area contributed by atoms with Crippen molar-refractivity contribution in [3.8, 4) is 0 Å². The number of amides is 1. The fraction of sp³-hybridized carbons (Fsp3) is 0.143. The summed E-state index contributed by atoms with van der Waals surface area (Å²) in [6.07, 6.45) is 1.93. The molecule has 104 valence electrons. The number of carboxylic acid groups (broad SMARTS) is 1. The summed E-state index contributed by atoms with van der Waals surface area (Å²) in [6.45, 7) is 0.421. The summed E-state index contributed by atoms with van der Waals surface area (Å²) < 4.78 is 5.48. The Hall–Kier alpha value is -2.08. The SMILES string of the molecule is O=C(O)c1cccc(CCNC(=O)c2coc(Br)c2)c1. The number of rotatable bonds is 5. The summed E-state index contributed by atoms with van der Waals surface area (Å²) >= 11 is 3.12. The van der Waals surface area contributed by atoms with Gasteiger partial charge in [-0.05, 0) is 40.0 Å². The fourth-order valence-corrected chi connectivity index (χ4v) is 2.05. The Morgan fingerprint density at radius 3 is 2.70 bits per heavy atom. The monoisotopic (exact) mass is 337 g/mol. The van der Waals surface area contributed by atoms with Crippen LogP contribution in [0.4, 0.5) is 0 Å². The highest BCUT2D eigenvalue weighted by molar-refractivity contribution is 9.10. The van der Waals surface area contributed by atoms with Gasteiger partial charge in [-0.3, -0.25) is 4.79 Å². The predicted octanol–water partition coefficient (Wildman–Crippen LogP) is 2.71. The molecule has 0 atom stereocenters. The van der Waals surface area contributed by atoms with E-state index in [9.17, 15) is 9.59 Å². The molecule has 2 N–H and O–H groups in total. The van der Waals surface area contributed by atoms with E-state index < -0.39 is 5.97 Å². The Morgan fingerprint density at radius 2 is 2.05 bits per heavy atom. The molecule has 0 saturated heterocycles. The third-order valence-corrected chi connectivity index (χ3v) is 3.12. The molecular weight excluding hydrogens is 326 g/mol. The van der Waals surface area contributed by atoms with Gasteiger partial charge < -0.3 is 14.8 Å². The van der Waals surface area contributed by atoms with Crippen LogP contribution in [0, 0.1) is 0 Å². The average molecular weight is 338 g/mol. The van der Waals surface area contributed by atoms with E-state index in [-0.39, 0.29) is 11.5 Å². The lowest BCUT2D eigenvalue weighted by atomic mass is 10.1. The number of hydrogen-bond acceptors (Lipinski definition) is 3. The molecule has 0 bridgehead atoms. The summed E-state index contributed by atoms with van der Waals surface area (Å²) in [4.78, 5) is 22.6. The number of halogens is 1. The van der Waals surface area contributed by atoms with Gasteiger partial charge in [-0.25, -0.2) is 4.79 Å². The Morgan fingerprint density at radius 1 is 1.25 bits per heavy atom. The molecule has 1 aromatic heterocycles. The quantitative estimate of drug-likeness (QED) is 0.879. The van der Waals surface area contributed by atoms with Crippen molar-refractivity contribution in [2.45, 2.75) is 6.42 Å². The number of carbonyl (C=O) groups is 2. The van der Waals surface area contributed by atoms with E-state index in [1.165, 1.54) is 12.3 Å². The smallest absolute Gasteiger partial charge is 0.335 e. The van der Waals surface area contributed by atoms with Crippen molar-refractivity contribution < 1.29 is 19.1 Å². The number of carbonyl (C=O) groups excluding carboxylic acids is 1. The minimum atomic E-state index is -0.959. The Labute approximate surface area is 123 Å². The van der Waals surface area contributed by atoms with Gasteiger partial charge in [0.1, 0.15) is 6.26 Å². The van der Waals surface area contributed by atoms with Gasteiger partial charge >= 0.3 is 5.97 Å². The molecule has 2 rings (SSSR count). The maximum atomic E-state index is 11.7. The van der Waals surface area contributed by atoms with Crippen LogP contribution in [-0.4, -0.2) is 23.5 Å². The number of benzene rings is 1. The van der Waals surface area contributed by atoms with Crippen molar-refractivity contribution >= 4 is 27.8 Å². The zero-order chi connectivity index (χ0) is 14.5. The van der Waals surface area contributed by atoms with E-state index in [1.54, 1.807) is 18.2 Å². The largest absolute Gasteiger partial charge is 0.478 e. The number of carboxylic acids is 1. The zero-order valence-corrected chi connectivity index (χ0v) is 12.0. The molecule has 0 fully saturated rings. The van der Waals surface area contributed by atoms with Crippen LogP contribution in [0.25, 0.3) is 0 Å². The van der Waals surface area contributed by atoms with Gasteiger partial charge in [0.25, 0.3) is 5.91 Å². The first-order valence-corrected chi connectivity index (χ1v) is 6.70. The van der Waals surface area contributed by atoms with Crippen molar-refractivity contribution in [1.29, 1.82) is 0 Å². The van der Waals surface area contributed by atoms with Crippen molar-refractivity contribution in [2.24, 2.45) is 0 Å². The highest BCUT2D eigenvalue weighted by atomic mass is 79.9. The maximum Gasteiger partial charge on any atom is 0.335 e. The third-order valence-electron chi connectivity index (χ3n) is 2.70. The van der Waals surface area contributed by atoms with E-state index in [0.717, 1.165) is 5.56 Å². The van der Waals surface area contributed by atoms with E-state index in [1.807, 2.05) is 6.07 Å². The number of nitrogens with one attached hydrogen (secondary N) is 1. The maximum absolute atomic E-state index is 11.7. The van der Waals surface area contributed by atoms with Crippen molar-refractivity contribution in [2.75, 3.05) is 6.54 Å². The third kappa shape index (κ3) is 3.71. The molecule has 0 unspecified atom stereocenters. The standard InChI is InChI=1S/C14H12BrNO4/c15-12-7-11(8-20-12)13(17)16-5-4-9-2-1-3-10(6-9)14(18)19/h1-3,6-8H,4-5H2,(H,16,17)(H,18,19). The lowest BCUT2D eigenvalue weighted by molar-refractivity contribution is 0.0696. The molecule has 5 nitrogen and oxygen atoms in total. The first-order chi connectivity index (χ1) is 9.56. The van der Waals surface area contributed by atoms with Crippen LogP contribution in [0.15, 0.2) is 45.7 Å². The van der Waals surface area contributed by atoms with E-state index in [0.29, 0.717) is 23.2 Å². The molecular formula is C14H12BrNO4. The topological polar surface area (TPSA) is 79.5 Å². The fourth-order valence-electron chi connectivity index (χ4n) is 1.71. The van der Waals surface area contributed by atoms with E-state index >= 15 is 0 Å². The van der Waals surface area contributed by atoms with Gasteiger partial charge in [-0.15, -0.1) is 0 Å². The molecule has 20 heavy (non-hydrogen) atoms. The molecule has 0 radical (unpaired) electrons. The molecule has 0 saturated carbocycles. The van der Waals surface area contributed by atoms with Gasteiger partial charge in [-0.1, -0.05) is 12.1 Å². The summed E-state index contributed by atoms with van der Waals surface area (Å²) in [5, 5.41) is 11.6. The lowest BCUT2D eigenvalue weighted by Crippen LogP contribution is -2.25. The van der Waals surface area contributed by atoms with Crippen molar-refractivity contribution in [1.82, 2.24) is 5.32 Å². The van der Waals surface area contributed by atoms with Crippen LogP contribution < -0.4 is 5.32 Å². The van der Waals surface area contributed by atoms with Crippen LogP contribution in [0.3, 0.4) is 0 Å². The Bertz CT molecular complexity index is 636. The van der Waals surface area contributed by atoms with Crippen molar-refractivity contribution in [3.63, 3.8) is 0 Å². The Kier molecular flexibility index (Phi) is 4.57. The van der Waals surface area contributed by atoms with E-state index in [4.69, 9.17) is 9.52 Å². The molecule has 1 heterocycles. The first kappa shape index (κ1) is 14.3. The molecule has 0 aliphatic heterocycles. The molecule has 0 aliphatic rings. The van der Waals surface area contributed by atoms with Crippen LogP contribution >= 0.6 is 15.9 Å². The second-order valence-electron chi connectivity index (χ2n) is 4.15. The highest BCUT2D eigenvalue weighted by Crippen LogP contribution is 2.13. The van der Waals surface area contributed by atoms with Crippen LogP contribution in [0.2, 0.25) is 0 Å². The first-order valence-electron chi connectivity index (χ1n) is 5.91. The summed E-state index contributed by atoms with van der Waals surface area (Å²) in [7, 11) is 0. The van der Waals surface area contributed by atoms with Gasteiger partial charge in [0.2, 0.25) is 0 Å². The molecule has 1 aromatic carbocycles.